The third-order valence-corrected chi connectivity index (χ3v) is 4.41. The van der Waals surface area contributed by atoms with Crippen LogP contribution in [0.5, 0.6) is 5.75 Å². The minimum absolute atomic E-state index is 0.294. The number of aromatic hydroxyl groups is 1. The highest BCUT2D eigenvalue weighted by Gasteiger charge is 2.25. The molecule has 1 N–H and O–H groups in total. The summed E-state index contributed by atoms with van der Waals surface area (Å²) in [4.78, 5) is 4.81. The van der Waals surface area contributed by atoms with E-state index in [9.17, 15) is 5.11 Å². The topological polar surface area (TPSA) is 26.7 Å². The van der Waals surface area contributed by atoms with Crippen LogP contribution >= 0.6 is 0 Å². The first kappa shape index (κ1) is 14.4. The number of piperidine rings is 1. The van der Waals surface area contributed by atoms with Gasteiger partial charge in [-0.3, -0.25) is 4.90 Å². The van der Waals surface area contributed by atoms with Crippen LogP contribution < -0.4 is 0 Å². The molecule has 1 fully saturated rings. The van der Waals surface area contributed by atoms with Crippen LogP contribution in [0.15, 0.2) is 18.2 Å². The van der Waals surface area contributed by atoms with Crippen LogP contribution in [0.1, 0.15) is 36.9 Å². The summed E-state index contributed by atoms with van der Waals surface area (Å²) in [5.41, 5.74) is 2.27. The normalized spacial score (nSPS) is 19.8. The van der Waals surface area contributed by atoms with Gasteiger partial charge in [0.1, 0.15) is 5.75 Å². The SMILES string of the molecule is Cc1ccc(O)c(C(C)N2CCC(N(C)C)CC2)c1. The van der Waals surface area contributed by atoms with Crippen LogP contribution in [0.3, 0.4) is 0 Å². The Kier molecular flexibility index (Phi) is 4.48. The van der Waals surface area contributed by atoms with Crippen molar-refractivity contribution in [2.75, 3.05) is 27.2 Å². The van der Waals surface area contributed by atoms with E-state index in [0.717, 1.165) is 18.7 Å². The number of benzene rings is 1. The molecule has 2 rings (SSSR count). The highest BCUT2D eigenvalue weighted by atomic mass is 16.3. The van der Waals surface area contributed by atoms with Crippen molar-refractivity contribution in [3.63, 3.8) is 0 Å². The largest absolute Gasteiger partial charge is 0.508 e. The average Bonchev–Trinajstić information content (AvgIpc) is 2.41. The zero-order chi connectivity index (χ0) is 14.0. The van der Waals surface area contributed by atoms with Crippen LogP contribution in [0.4, 0.5) is 0 Å². The highest BCUT2D eigenvalue weighted by Crippen LogP contribution is 2.31. The van der Waals surface area contributed by atoms with Crippen LogP contribution in [-0.4, -0.2) is 48.1 Å². The van der Waals surface area contributed by atoms with Gasteiger partial charge in [-0.1, -0.05) is 17.7 Å². The summed E-state index contributed by atoms with van der Waals surface area (Å²) in [6, 6.07) is 6.88. The smallest absolute Gasteiger partial charge is 0.120 e. The first-order valence-electron chi connectivity index (χ1n) is 7.19. The molecule has 0 amide bonds. The van der Waals surface area contributed by atoms with Crippen molar-refractivity contribution in [3.05, 3.63) is 29.3 Å². The van der Waals surface area contributed by atoms with Crippen LogP contribution in [0.2, 0.25) is 0 Å². The van der Waals surface area contributed by atoms with Crippen LogP contribution in [0.25, 0.3) is 0 Å². The number of aryl methyl sites for hydroxylation is 1. The quantitative estimate of drug-likeness (QED) is 0.907. The maximum Gasteiger partial charge on any atom is 0.120 e. The summed E-state index contributed by atoms with van der Waals surface area (Å²) >= 11 is 0. The van der Waals surface area contributed by atoms with Crippen LogP contribution in [-0.2, 0) is 0 Å². The standard InChI is InChI=1S/C16H26N2O/c1-12-5-6-16(19)15(11-12)13(2)18-9-7-14(8-10-18)17(3)4/h5-6,11,13-14,19H,7-10H2,1-4H3. The molecule has 0 aromatic heterocycles. The van der Waals surface area contributed by atoms with Gasteiger partial charge in [-0.05, 0) is 46.9 Å². The molecule has 0 aliphatic carbocycles. The Morgan fingerprint density at radius 1 is 1.26 bits per heavy atom. The summed E-state index contributed by atoms with van der Waals surface area (Å²) in [5, 5.41) is 10.0. The van der Waals surface area contributed by atoms with E-state index in [1.165, 1.54) is 18.4 Å². The van der Waals surface area contributed by atoms with E-state index in [2.05, 4.69) is 43.8 Å². The van der Waals surface area contributed by atoms with Gasteiger partial charge in [0.15, 0.2) is 0 Å². The zero-order valence-corrected chi connectivity index (χ0v) is 12.6. The Morgan fingerprint density at radius 2 is 1.89 bits per heavy atom. The summed E-state index contributed by atoms with van der Waals surface area (Å²) in [5.74, 6) is 0.424. The van der Waals surface area contributed by atoms with Gasteiger partial charge in [-0.2, -0.15) is 0 Å². The lowest BCUT2D eigenvalue weighted by Gasteiger charge is -2.38. The molecule has 106 valence electrons. The molecule has 1 heterocycles. The lowest BCUT2D eigenvalue weighted by molar-refractivity contribution is 0.114. The summed E-state index contributed by atoms with van der Waals surface area (Å²) < 4.78 is 0. The zero-order valence-electron chi connectivity index (χ0n) is 12.6. The molecular formula is C16H26N2O. The Morgan fingerprint density at radius 3 is 2.47 bits per heavy atom. The molecule has 19 heavy (non-hydrogen) atoms. The molecule has 3 nitrogen and oxygen atoms in total. The van der Waals surface area contributed by atoms with Crippen molar-refractivity contribution in [3.8, 4) is 5.75 Å². The minimum Gasteiger partial charge on any atom is -0.508 e. The van der Waals surface area contributed by atoms with Gasteiger partial charge >= 0.3 is 0 Å². The number of nitrogens with zero attached hydrogens (tertiary/aromatic N) is 2. The van der Waals surface area contributed by atoms with Crippen molar-refractivity contribution in [2.45, 2.75) is 38.8 Å². The molecule has 0 spiro atoms. The number of likely N-dealkylation sites (tertiary alicyclic amines) is 1. The Balaban J connectivity index is 2.05. The molecule has 0 radical (unpaired) electrons. The molecule has 3 heteroatoms. The maximum atomic E-state index is 10.0. The van der Waals surface area contributed by atoms with E-state index < -0.39 is 0 Å². The first-order chi connectivity index (χ1) is 8.99. The first-order valence-corrected chi connectivity index (χ1v) is 7.19. The van der Waals surface area contributed by atoms with Gasteiger partial charge in [0, 0.05) is 30.7 Å². The number of phenols is 1. The summed E-state index contributed by atoms with van der Waals surface area (Å²) in [7, 11) is 4.33. The number of hydrogen-bond acceptors (Lipinski definition) is 3. The molecule has 0 bridgehead atoms. The Bertz CT molecular complexity index is 423. The summed E-state index contributed by atoms with van der Waals surface area (Å²) in [6.07, 6.45) is 2.42. The monoisotopic (exact) mass is 262 g/mol. The van der Waals surface area contributed by atoms with Crippen molar-refractivity contribution >= 4 is 0 Å². The van der Waals surface area contributed by atoms with E-state index in [-0.39, 0.29) is 0 Å². The second kappa shape index (κ2) is 5.93. The van der Waals surface area contributed by atoms with Gasteiger partial charge in [0.25, 0.3) is 0 Å². The maximum absolute atomic E-state index is 10.0. The molecule has 1 atom stereocenters. The fraction of sp³-hybridized carbons (Fsp3) is 0.625. The average molecular weight is 262 g/mol. The fourth-order valence-corrected chi connectivity index (χ4v) is 2.99. The van der Waals surface area contributed by atoms with Gasteiger partial charge < -0.3 is 10.0 Å². The minimum atomic E-state index is 0.294. The fourth-order valence-electron chi connectivity index (χ4n) is 2.99. The molecule has 1 aromatic rings. The van der Waals surface area contributed by atoms with E-state index in [1.807, 2.05) is 12.1 Å². The van der Waals surface area contributed by atoms with E-state index in [0.29, 0.717) is 17.8 Å². The lowest BCUT2D eigenvalue weighted by atomic mass is 9.98. The van der Waals surface area contributed by atoms with E-state index in [1.54, 1.807) is 0 Å². The van der Waals surface area contributed by atoms with Gasteiger partial charge in [-0.15, -0.1) is 0 Å². The molecule has 0 saturated carbocycles. The third-order valence-electron chi connectivity index (χ3n) is 4.41. The highest BCUT2D eigenvalue weighted by molar-refractivity contribution is 5.37. The second-order valence-electron chi connectivity index (χ2n) is 5.97. The molecular weight excluding hydrogens is 236 g/mol. The van der Waals surface area contributed by atoms with Crippen molar-refractivity contribution in [1.29, 1.82) is 0 Å². The van der Waals surface area contributed by atoms with Crippen molar-refractivity contribution in [2.24, 2.45) is 0 Å². The molecule has 1 aliphatic rings. The third kappa shape index (κ3) is 3.28. The van der Waals surface area contributed by atoms with Crippen molar-refractivity contribution in [1.82, 2.24) is 9.80 Å². The molecule has 1 saturated heterocycles. The van der Waals surface area contributed by atoms with E-state index >= 15 is 0 Å². The second-order valence-corrected chi connectivity index (χ2v) is 5.97. The molecule has 1 unspecified atom stereocenters. The number of phenolic OH excluding ortho intramolecular Hbond substituents is 1. The van der Waals surface area contributed by atoms with Gasteiger partial charge in [0.05, 0.1) is 0 Å². The number of rotatable bonds is 3. The predicted molar refractivity (Wildman–Crippen MR) is 79.5 cm³/mol. The molecule has 1 aromatic carbocycles. The Labute approximate surface area is 116 Å². The van der Waals surface area contributed by atoms with Gasteiger partial charge in [0.2, 0.25) is 0 Å². The molecule has 1 aliphatic heterocycles. The van der Waals surface area contributed by atoms with Crippen molar-refractivity contribution < 1.29 is 5.11 Å². The summed E-state index contributed by atoms with van der Waals surface area (Å²) in [6.45, 7) is 6.49. The van der Waals surface area contributed by atoms with Crippen LogP contribution in [0, 0.1) is 6.92 Å². The van der Waals surface area contributed by atoms with E-state index in [4.69, 9.17) is 0 Å². The predicted octanol–water partition coefficient (Wildman–Crippen LogP) is 2.79. The number of hydrogen-bond donors (Lipinski definition) is 1. The van der Waals surface area contributed by atoms with Gasteiger partial charge in [-0.25, -0.2) is 0 Å². The lowest BCUT2D eigenvalue weighted by Crippen LogP contribution is -2.42. The Hall–Kier alpha value is -1.06.